The lowest BCUT2D eigenvalue weighted by molar-refractivity contribution is 0.374. The van der Waals surface area contributed by atoms with E-state index in [1.54, 1.807) is 25.3 Å². The van der Waals surface area contributed by atoms with E-state index in [4.69, 9.17) is 21.1 Å². The van der Waals surface area contributed by atoms with Crippen molar-refractivity contribution in [1.82, 2.24) is 4.98 Å². The van der Waals surface area contributed by atoms with E-state index in [0.29, 0.717) is 44.4 Å². The van der Waals surface area contributed by atoms with Crippen molar-refractivity contribution in [2.75, 3.05) is 19.5 Å². The maximum atomic E-state index is 10.1. The number of hydrogen-bond donors (Lipinski definition) is 2. The van der Waals surface area contributed by atoms with Gasteiger partial charge in [-0.3, -0.25) is 4.98 Å². The van der Waals surface area contributed by atoms with Crippen LogP contribution in [0.3, 0.4) is 0 Å². The maximum absolute atomic E-state index is 10.1. The van der Waals surface area contributed by atoms with E-state index in [-0.39, 0.29) is 5.75 Å². The molecule has 0 saturated carbocycles. The number of nitrogens with one attached hydrogen (secondary N) is 1. The van der Waals surface area contributed by atoms with Gasteiger partial charge in [-0.05, 0) is 24.6 Å². The number of benzene rings is 2. The molecule has 0 radical (unpaired) electrons. The van der Waals surface area contributed by atoms with Gasteiger partial charge in [-0.2, -0.15) is 5.26 Å². The fraction of sp³-hybridized carbons (Fsp3) is 0.158. The Labute approximate surface area is 155 Å². The predicted molar refractivity (Wildman–Crippen MR) is 101 cm³/mol. The molecule has 0 amide bonds. The van der Waals surface area contributed by atoms with Gasteiger partial charge in [0, 0.05) is 23.7 Å². The summed E-state index contributed by atoms with van der Waals surface area (Å²) in [4.78, 5) is 4.26. The average Bonchev–Trinajstić information content (AvgIpc) is 2.63. The van der Waals surface area contributed by atoms with Gasteiger partial charge in [0.15, 0.2) is 11.5 Å². The average molecular weight is 370 g/mol. The van der Waals surface area contributed by atoms with E-state index in [2.05, 4.69) is 16.4 Å². The minimum Gasteiger partial charge on any atom is -0.504 e. The molecule has 0 aliphatic rings. The number of anilines is 2. The van der Waals surface area contributed by atoms with Gasteiger partial charge in [-0.15, -0.1) is 0 Å². The minimum absolute atomic E-state index is 0.0486. The molecule has 0 atom stereocenters. The molecule has 0 aliphatic heterocycles. The van der Waals surface area contributed by atoms with Gasteiger partial charge < -0.3 is 19.9 Å². The molecule has 0 aliphatic carbocycles. The standard InChI is InChI=1S/C19H16ClN3O3/c1-10-4-13(20)15(7-17(10)25-2)23-19-11(8-21)9-22-14-6-18(26-3)16(24)5-12(14)19/h4-7,9,24H,1-3H3,(H,22,23). The van der Waals surface area contributed by atoms with Crippen LogP contribution in [0.1, 0.15) is 11.1 Å². The van der Waals surface area contributed by atoms with E-state index in [1.807, 2.05) is 6.92 Å². The first kappa shape index (κ1) is 17.6. The number of methoxy groups -OCH3 is 2. The highest BCUT2D eigenvalue weighted by atomic mass is 35.5. The van der Waals surface area contributed by atoms with E-state index < -0.39 is 0 Å². The lowest BCUT2D eigenvalue weighted by atomic mass is 10.1. The molecule has 3 aromatic rings. The Bertz CT molecular complexity index is 1040. The molecular formula is C19H16ClN3O3. The number of ether oxygens (including phenoxy) is 2. The number of halogens is 1. The summed E-state index contributed by atoms with van der Waals surface area (Å²) in [5.74, 6) is 0.918. The van der Waals surface area contributed by atoms with Gasteiger partial charge in [0.1, 0.15) is 11.8 Å². The highest BCUT2D eigenvalue weighted by Gasteiger charge is 2.15. The number of phenols is 1. The summed E-state index contributed by atoms with van der Waals surface area (Å²) >= 11 is 6.35. The van der Waals surface area contributed by atoms with Gasteiger partial charge >= 0.3 is 0 Å². The number of aryl methyl sites for hydroxylation is 1. The molecule has 0 bridgehead atoms. The molecule has 0 fully saturated rings. The van der Waals surface area contributed by atoms with E-state index >= 15 is 0 Å². The summed E-state index contributed by atoms with van der Waals surface area (Å²) in [5, 5.41) is 23.8. The van der Waals surface area contributed by atoms with Crippen LogP contribution >= 0.6 is 11.6 Å². The van der Waals surface area contributed by atoms with E-state index in [1.165, 1.54) is 19.4 Å². The van der Waals surface area contributed by atoms with Crippen molar-refractivity contribution in [3.05, 3.63) is 46.6 Å². The minimum atomic E-state index is -0.0486. The molecule has 6 nitrogen and oxygen atoms in total. The zero-order valence-electron chi connectivity index (χ0n) is 14.4. The van der Waals surface area contributed by atoms with Crippen LogP contribution in [-0.2, 0) is 0 Å². The second kappa shape index (κ2) is 6.98. The zero-order chi connectivity index (χ0) is 18.8. The molecular weight excluding hydrogens is 354 g/mol. The second-order valence-corrected chi connectivity index (χ2v) is 6.03. The van der Waals surface area contributed by atoms with Crippen molar-refractivity contribution < 1.29 is 14.6 Å². The molecule has 26 heavy (non-hydrogen) atoms. The van der Waals surface area contributed by atoms with Crippen LogP contribution in [0.5, 0.6) is 17.2 Å². The summed E-state index contributed by atoms with van der Waals surface area (Å²) in [6.45, 7) is 1.89. The molecule has 1 heterocycles. The number of pyridine rings is 1. The lowest BCUT2D eigenvalue weighted by Crippen LogP contribution is -1.99. The molecule has 2 aromatic carbocycles. The van der Waals surface area contributed by atoms with Crippen LogP contribution in [0.25, 0.3) is 10.9 Å². The van der Waals surface area contributed by atoms with Gasteiger partial charge in [0.2, 0.25) is 0 Å². The number of rotatable bonds is 4. The van der Waals surface area contributed by atoms with E-state index in [9.17, 15) is 10.4 Å². The van der Waals surface area contributed by atoms with Crippen molar-refractivity contribution in [2.45, 2.75) is 6.92 Å². The largest absolute Gasteiger partial charge is 0.504 e. The molecule has 0 saturated heterocycles. The fourth-order valence-electron chi connectivity index (χ4n) is 2.69. The topological polar surface area (TPSA) is 87.4 Å². The Morgan fingerprint density at radius 1 is 1.15 bits per heavy atom. The van der Waals surface area contributed by atoms with Crippen LogP contribution in [0.15, 0.2) is 30.5 Å². The highest BCUT2D eigenvalue weighted by Crippen LogP contribution is 2.38. The van der Waals surface area contributed by atoms with Crippen molar-refractivity contribution in [3.63, 3.8) is 0 Å². The summed E-state index contributed by atoms with van der Waals surface area (Å²) in [7, 11) is 3.04. The zero-order valence-corrected chi connectivity index (χ0v) is 15.2. The van der Waals surface area contributed by atoms with Gasteiger partial charge in [-0.25, -0.2) is 0 Å². The van der Waals surface area contributed by atoms with Crippen molar-refractivity contribution >= 4 is 33.9 Å². The van der Waals surface area contributed by atoms with Crippen LogP contribution < -0.4 is 14.8 Å². The third-order valence-corrected chi connectivity index (χ3v) is 4.35. The second-order valence-electron chi connectivity index (χ2n) is 5.63. The summed E-state index contributed by atoms with van der Waals surface area (Å²) in [6, 6.07) is 8.75. The molecule has 0 spiro atoms. The predicted octanol–water partition coefficient (Wildman–Crippen LogP) is 4.53. The van der Waals surface area contributed by atoms with Crippen LogP contribution in [0.4, 0.5) is 11.4 Å². The third-order valence-electron chi connectivity index (χ3n) is 4.03. The normalized spacial score (nSPS) is 10.4. The number of aromatic nitrogens is 1. The molecule has 2 N–H and O–H groups in total. The molecule has 1 aromatic heterocycles. The summed E-state index contributed by atoms with van der Waals surface area (Å²) in [6.07, 6.45) is 1.46. The van der Waals surface area contributed by atoms with Gasteiger partial charge in [0.25, 0.3) is 0 Å². The first-order chi connectivity index (χ1) is 12.5. The Kier molecular flexibility index (Phi) is 4.74. The van der Waals surface area contributed by atoms with Crippen LogP contribution in [-0.4, -0.2) is 24.3 Å². The molecule has 3 rings (SSSR count). The number of hydrogen-bond acceptors (Lipinski definition) is 6. The van der Waals surface area contributed by atoms with E-state index in [0.717, 1.165) is 5.56 Å². The van der Waals surface area contributed by atoms with Crippen LogP contribution in [0.2, 0.25) is 5.02 Å². The summed E-state index contributed by atoms with van der Waals surface area (Å²) in [5.41, 5.74) is 2.84. The third kappa shape index (κ3) is 3.05. The number of aromatic hydroxyl groups is 1. The Morgan fingerprint density at radius 3 is 2.54 bits per heavy atom. The number of phenolic OH excluding ortho intramolecular Hbond substituents is 1. The SMILES string of the molecule is COc1cc(Nc2c(C#N)cnc3cc(OC)c(O)cc23)c(Cl)cc1C. The quantitative estimate of drug-likeness (QED) is 0.702. The maximum Gasteiger partial charge on any atom is 0.162 e. The molecule has 0 unspecified atom stereocenters. The monoisotopic (exact) mass is 369 g/mol. The van der Waals surface area contributed by atoms with Crippen molar-refractivity contribution in [3.8, 4) is 23.3 Å². The smallest absolute Gasteiger partial charge is 0.162 e. The number of nitrogens with zero attached hydrogens (tertiary/aromatic N) is 2. The van der Waals surface area contributed by atoms with Gasteiger partial charge in [0.05, 0.1) is 41.7 Å². The first-order valence-corrected chi connectivity index (χ1v) is 8.07. The lowest BCUT2D eigenvalue weighted by Gasteiger charge is -2.15. The first-order valence-electron chi connectivity index (χ1n) is 7.69. The summed E-state index contributed by atoms with van der Waals surface area (Å²) < 4.78 is 10.5. The Morgan fingerprint density at radius 2 is 1.88 bits per heavy atom. The Hall–Kier alpha value is -3.17. The van der Waals surface area contributed by atoms with Crippen molar-refractivity contribution in [1.29, 1.82) is 5.26 Å². The fourth-order valence-corrected chi connectivity index (χ4v) is 2.96. The van der Waals surface area contributed by atoms with Gasteiger partial charge in [-0.1, -0.05) is 11.6 Å². The number of nitriles is 1. The van der Waals surface area contributed by atoms with Crippen molar-refractivity contribution in [2.24, 2.45) is 0 Å². The Balaban J connectivity index is 2.21. The number of fused-ring (bicyclic) bond motifs is 1. The van der Waals surface area contributed by atoms with Crippen LogP contribution in [0, 0.1) is 18.3 Å². The molecule has 132 valence electrons. The highest BCUT2D eigenvalue weighted by molar-refractivity contribution is 6.33. The molecule has 7 heteroatoms.